The molecule has 0 spiro atoms. The molecule has 22 heteroatoms. The predicted octanol–water partition coefficient (Wildman–Crippen LogP) is 4.76. The number of aryl methyl sites for hydroxylation is 1. The highest BCUT2D eigenvalue weighted by molar-refractivity contribution is 5.48. The summed E-state index contributed by atoms with van der Waals surface area (Å²) >= 11 is 0. The fraction of sp³-hybridized carbons (Fsp3) is 0.316. The summed E-state index contributed by atoms with van der Waals surface area (Å²) in [6, 6.07) is 8.49. The number of halogens is 8. The van der Waals surface area contributed by atoms with Crippen molar-refractivity contribution in [2.45, 2.75) is 75.0 Å². The Morgan fingerprint density at radius 1 is 0.667 bits per heavy atom. The van der Waals surface area contributed by atoms with Gasteiger partial charge in [0.05, 0.1) is 25.3 Å². The number of aromatic nitrogens is 10. The molecule has 60 heavy (non-hydrogen) atoms. The third-order valence-electron chi connectivity index (χ3n) is 9.03. The van der Waals surface area contributed by atoms with Gasteiger partial charge in [0.15, 0.2) is 11.2 Å². The van der Waals surface area contributed by atoms with Crippen LogP contribution in [0.15, 0.2) is 91.8 Å². The Balaban J connectivity index is 0.000000228. The number of pyridine rings is 2. The lowest BCUT2D eigenvalue weighted by atomic mass is 9.84. The van der Waals surface area contributed by atoms with Crippen LogP contribution in [0, 0.1) is 23.3 Å². The van der Waals surface area contributed by atoms with E-state index in [1.54, 1.807) is 6.92 Å². The zero-order valence-corrected chi connectivity index (χ0v) is 31.5. The van der Waals surface area contributed by atoms with Crippen molar-refractivity contribution < 1.29 is 55.5 Å². The van der Waals surface area contributed by atoms with E-state index >= 15 is 17.6 Å². The van der Waals surface area contributed by atoms with E-state index in [1.807, 2.05) is 0 Å². The monoisotopic (exact) mass is 848 g/mol. The molecule has 4 unspecified atom stereocenters. The number of benzene rings is 2. The lowest BCUT2D eigenvalue weighted by Gasteiger charge is -2.35. The van der Waals surface area contributed by atoms with E-state index in [9.17, 15) is 38.0 Å². The van der Waals surface area contributed by atoms with Gasteiger partial charge in [-0.3, -0.25) is 9.97 Å². The van der Waals surface area contributed by atoms with E-state index in [4.69, 9.17) is 0 Å². The average molecular weight is 849 g/mol. The van der Waals surface area contributed by atoms with Gasteiger partial charge in [0.2, 0.25) is 0 Å². The summed E-state index contributed by atoms with van der Waals surface area (Å²) in [6.45, 7) is 1.27. The van der Waals surface area contributed by atoms with Crippen LogP contribution < -0.4 is 0 Å². The van der Waals surface area contributed by atoms with Crippen LogP contribution in [0.2, 0.25) is 0 Å². The van der Waals surface area contributed by atoms with Gasteiger partial charge in [-0.05, 0) is 95.1 Å². The third kappa shape index (κ3) is 10.0. The fourth-order valence-corrected chi connectivity index (χ4v) is 5.83. The molecule has 4 aromatic heterocycles. The van der Waals surface area contributed by atoms with Gasteiger partial charge in [0, 0.05) is 35.7 Å². The first-order valence-corrected chi connectivity index (χ1v) is 17.8. The number of aliphatic hydroxyl groups excluding tert-OH is 2. The highest BCUT2D eigenvalue weighted by Crippen LogP contribution is 2.48. The second-order valence-electron chi connectivity index (χ2n) is 13.6. The van der Waals surface area contributed by atoms with Gasteiger partial charge in [-0.15, -0.1) is 10.2 Å². The molecule has 4 N–H and O–H groups in total. The number of nitrogens with zero attached hydrogens (tertiary/aromatic N) is 10. The lowest BCUT2D eigenvalue weighted by molar-refractivity contribution is -0.207. The normalized spacial score (nSPS) is 15.2. The van der Waals surface area contributed by atoms with Crippen molar-refractivity contribution in [2.75, 3.05) is 0 Å². The second-order valence-corrected chi connectivity index (χ2v) is 13.6. The number of aliphatic hydroxyl groups is 4. The Labute approximate surface area is 335 Å². The summed E-state index contributed by atoms with van der Waals surface area (Å²) in [5.41, 5.74) is -8.68. The van der Waals surface area contributed by atoms with Gasteiger partial charge in [-0.2, -0.15) is 17.6 Å². The smallest absolute Gasteiger partial charge is 0.323 e. The molecule has 0 aliphatic heterocycles. The molecule has 4 heterocycles. The van der Waals surface area contributed by atoms with Crippen LogP contribution in [0.5, 0.6) is 0 Å². The van der Waals surface area contributed by atoms with E-state index in [0.717, 1.165) is 64.6 Å². The number of rotatable bonds is 15. The van der Waals surface area contributed by atoms with Gasteiger partial charge in [-0.1, -0.05) is 24.3 Å². The molecule has 14 nitrogen and oxygen atoms in total. The van der Waals surface area contributed by atoms with Gasteiger partial charge in [0.25, 0.3) is 0 Å². The summed E-state index contributed by atoms with van der Waals surface area (Å²) in [6.07, 6.45) is 6.70. The molecular weight excluding hydrogens is 812 g/mol. The molecule has 6 rings (SSSR count). The first kappa shape index (κ1) is 45.0. The quantitative estimate of drug-likeness (QED) is 0.104. The minimum Gasteiger partial charge on any atom is -0.393 e. The summed E-state index contributed by atoms with van der Waals surface area (Å²) in [5, 5.41) is 60.9. The number of alkyl halides is 4. The molecular formula is C38H36F8N10O4. The molecule has 2 aromatic carbocycles. The van der Waals surface area contributed by atoms with Crippen LogP contribution in [-0.4, -0.2) is 83.0 Å². The first-order chi connectivity index (χ1) is 28.3. The molecule has 0 aliphatic rings. The van der Waals surface area contributed by atoms with Crippen molar-refractivity contribution in [3.05, 3.63) is 149 Å². The van der Waals surface area contributed by atoms with E-state index in [2.05, 4.69) is 41.0 Å². The van der Waals surface area contributed by atoms with Gasteiger partial charge >= 0.3 is 11.8 Å². The van der Waals surface area contributed by atoms with Gasteiger partial charge in [0.1, 0.15) is 47.3 Å². The molecule has 6 aromatic rings. The molecule has 0 saturated carbocycles. The molecule has 318 valence electrons. The molecule has 0 radical (unpaired) electrons. The average Bonchev–Trinajstić information content (AvgIpc) is 3.91. The van der Waals surface area contributed by atoms with Gasteiger partial charge < -0.3 is 20.4 Å². The molecule has 0 bridgehead atoms. The first-order valence-electron chi connectivity index (χ1n) is 17.8. The van der Waals surface area contributed by atoms with Crippen molar-refractivity contribution in [3.63, 3.8) is 0 Å². The Hall–Kier alpha value is -6.10. The number of hydrogen-bond donors (Lipinski definition) is 4. The lowest BCUT2D eigenvalue weighted by Crippen LogP contribution is -2.48. The topological polar surface area (TPSA) is 194 Å². The molecule has 0 fully saturated rings. The molecule has 0 aliphatic carbocycles. The standard InChI is InChI=1S/C19H19F4N5O2.C19H17F4N5O2/c2*1-12(29)2-3-13-4-7-17(24-9-13)19(22,23)18(30,10-28-11-25-26-27-28)15-6-5-14(20)8-16(15)21/h4-9,11-12,29-30H,2-3,10H2,1H3;2-9,11-12,29-30H,10H2,1H3/b;3-2+. The van der Waals surface area contributed by atoms with Crippen molar-refractivity contribution in [1.29, 1.82) is 0 Å². The van der Waals surface area contributed by atoms with Crippen LogP contribution in [0.3, 0.4) is 0 Å². The third-order valence-corrected chi connectivity index (χ3v) is 9.03. The predicted molar refractivity (Wildman–Crippen MR) is 193 cm³/mol. The highest BCUT2D eigenvalue weighted by Gasteiger charge is 2.59. The zero-order valence-electron chi connectivity index (χ0n) is 31.5. The van der Waals surface area contributed by atoms with Crippen LogP contribution in [0.4, 0.5) is 35.1 Å². The van der Waals surface area contributed by atoms with Crippen LogP contribution in [-0.2, 0) is 42.6 Å². The van der Waals surface area contributed by atoms with Crippen LogP contribution in [0.1, 0.15) is 53.9 Å². The minimum atomic E-state index is -4.12. The summed E-state index contributed by atoms with van der Waals surface area (Å²) in [5.74, 6) is -12.9. The van der Waals surface area contributed by atoms with Crippen LogP contribution >= 0.6 is 0 Å². The van der Waals surface area contributed by atoms with Crippen molar-refractivity contribution in [3.8, 4) is 0 Å². The summed E-state index contributed by atoms with van der Waals surface area (Å²) < 4.78 is 119. The van der Waals surface area contributed by atoms with E-state index in [-0.39, 0.29) is 0 Å². The van der Waals surface area contributed by atoms with E-state index in [1.165, 1.54) is 37.4 Å². The Morgan fingerprint density at radius 2 is 1.15 bits per heavy atom. The zero-order chi connectivity index (χ0) is 43.9. The maximum atomic E-state index is 15.5. The Kier molecular flexibility index (Phi) is 13.8. The SMILES string of the molecule is CC(O)/C=C/c1ccc(C(F)(F)C(O)(Cn2cnnn2)c2ccc(F)cc2F)nc1.CC(O)CCc1ccc(C(F)(F)C(O)(Cn2cnnn2)c2ccc(F)cc2F)nc1. The molecule has 4 atom stereocenters. The van der Waals surface area contributed by atoms with Gasteiger partial charge in [-0.25, -0.2) is 26.9 Å². The Bertz CT molecular complexity index is 2340. The fourth-order valence-electron chi connectivity index (χ4n) is 5.83. The second kappa shape index (κ2) is 18.4. The molecule has 0 amide bonds. The highest BCUT2D eigenvalue weighted by atomic mass is 19.3. The number of tetrazole rings is 2. The largest absolute Gasteiger partial charge is 0.393 e. The Morgan fingerprint density at radius 3 is 1.52 bits per heavy atom. The van der Waals surface area contributed by atoms with Crippen LogP contribution in [0.25, 0.3) is 6.08 Å². The maximum absolute atomic E-state index is 15.5. The summed E-state index contributed by atoms with van der Waals surface area (Å²) in [4.78, 5) is 7.44. The van der Waals surface area contributed by atoms with Crippen molar-refractivity contribution in [1.82, 2.24) is 50.4 Å². The van der Waals surface area contributed by atoms with E-state index < -0.39 is 94.1 Å². The maximum Gasteiger partial charge on any atom is 0.323 e. The minimum absolute atomic E-state index is 0.396. The van der Waals surface area contributed by atoms with Crippen molar-refractivity contribution in [2.24, 2.45) is 0 Å². The van der Waals surface area contributed by atoms with E-state index in [0.29, 0.717) is 36.1 Å². The number of hydrogen-bond acceptors (Lipinski definition) is 12. The summed E-state index contributed by atoms with van der Waals surface area (Å²) in [7, 11) is 0. The van der Waals surface area contributed by atoms with Crippen molar-refractivity contribution >= 4 is 6.08 Å². The molecule has 0 saturated heterocycles.